The molecule has 0 atom stereocenters. The van der Waals surface area contributed by atoms with E-state index >= 15 is 0 Å². The third kappa shape index (κ3) is 12.3. The zero-order valence-electron chi connectivity index (χ0n) is 41.1. The van der Waals surface area contributed by atoms with Crippen molar-refractivity contribution in [3.8, 4) is 11.5 Å². The van der Waals surface area contributed by atoms with Gasteiger partial charge >= 0.3 is 12.1 Å². The molecule has 0 radical (unpaired) electrons. The number of ether oxygens (including phenoxy) is 4. The van der Waals surface area contributed by atoms with Crippen molar-refractivity contribution in [2.24, 2.45) is 0 Å². The first-order chi connectivity index (χ1) is 35.7. The topological polar surface area (TPSA) is 77.5 Å². The van der Waals surface area contributed by atoms with Crippen LogP contribution in [0.1, 0.15) is 51.4 Å². The van der Waals surface area contributed by atoms with Gasteiger partial charge in [-0.25, -0.2) is 4.79 Å². The van der Waals surface area contributed by atoms with Crippen molar-refractivity contribution in [2.45, 2.75) is 20.8 Å². The predicted octanol–water partition coefficient (Wildman–Crippen LogP) is 16.5. The number of nitrogens with zero attached hydrogens (tertiary/aromatic N) is 2. The van der Waals surface area contributed by atoms with Crippen LogP contribution in [0.25, 0.3) is 23.3 Å². The Morgan fingerprint density at radius 3 is 1.08 bits per heavy atom. The summed E-state index contributed by atoms with van der Waals surface area (Å²) >= 11 is 0. The van der Waals surface area contributed by atoms with Gasteiger partial charge in [0, 0.05) is 41.0 Å². The van der Waals surface area contributed by atoms with Crippen LogP contribution in [0.2, 0.25) is 0 Å². The second kappa shape index (κ2) is 23.0. The van der Waals surface area contributed by atoms with Gasteiger partial charge in [0.25, 0.3) is 0 Å². The molecule has 0 aromatic heterocycles. The highest BCUT2D eigenvalue weighted by Gasteiger charge is 2.17. The third-order valence-corrected chi connectivity index (χ3v) is 12.3. The molecule has 9 aromatic rings. The van der Waals surface area contributed by atoms with E-state index in [0.717, 1.165) is 90.0 Å². The molecule has 9 rings (SSSR count). The van der Waals surface area contributed by atoms with E-state index in [9.17, 15) is 9.59 Å². The van der Waals surface area contributed by atoms with Gasteiger partial charge in [-0.15, -0.1) is 0 Å². The molecule has 0 saturated carbocycles. The number of methoxy groups -OCH3 is 1. The monoisotopic (exact) mass is 958 g/mol. The van der Waals surface area contributed by atoms with E-state index in [1.807, 2.05) is 30.3 Å². The molecule has 0 aliphatic rings. The van der Waals surface area contributed by atoms with E-state index < -0.39 is 18.9 Å². The maximum atomic E-state index is 12.2. The summed E-state index contributed by atoms with van der Waals surface area (Å²) in [5.41, 5.74) is 17.0. The molecule has 0 heterocycles. The predicted molar refractivity (Wildman–Crippen MR) is 295 cm³/mol. The first-order valence-electron chi connectivity index (χ1n) is 24.0. The molecule has 8 heteroatoms. The Hall–Kier alpha value is -9.40. The van der Waals surface area contributed by atoms with Crippen LogP contribution in [-0.2, 0) is 14.3 Å². The van der Waals surface area contributed by atoms with Crippen molar-refractivity contribution in [2.75, 3.05) is 23.7 Å². The average molecular weight is 959 g/mol. The summed E-state index contributed by atoms with van der Waals surface area (Å²) in [6, 6.07) is 79.3. The number of benzene rings is 9. The van der Waals surface area contributed by atoms with Gasteiger partial charge in [0.15, 0.2) is 0 Å². The van der Waals surface area contributed by atoms with Crippen LogP contribution in [0.15, 0.2) is 231 Å². The number of carbonyl (C=O) groups is 2. The number of anilines is 6. The SMILES string of the molecule is COc1ccc(N(c2ccc(C)cc2)c2ccc(C=C(c3ccccc3)c3ccc(C(=Cc4ccc(N(c5ccc(C)cc5)c5ccc(OC(=O)OCOC(C)=O)cc5)cc4)c4ccccc4)cc3)cc2)cc1. The molecule has 0 N–H and O–H groups in total. The highest BCUT2D eigenvalue weighted by Crippen LogP contribution is 2.39. The number of hydrogen-bond acceptors (Lipinski definition) is 8. The highest BCUT2D eigenvalue weighted by atomic mass is 16.8. The number of carbonyl (C=O) groups excluding carboxylic acids is 2. The Kier molecular flexibility index (Phi) is 15.3. The zero-order chi connectivity index (χ0) is 50.5. The summed E-state index contributed by atoms with van der Waals surface area (Å²) in [5.74, 6) is 0.537. The lowest BCUT2D eigenvalue weighted by molar-refractivity contribution is -0.149. The smallest absolute Gasteiger partial charge is 0.497 e. The minimum absolute atomic E-state index is 0.285. The molecule has 73 heavy (non-hydrogen) atoms. The van der Waals surface area contributed by atoms with Crippen LogP contribution in [0.3, 0.4) is 0 Å². The molecule has 0 fully saturated rings. The van der Waals surface area contributed by atoms with E-state index in [-0.39, 0.29) is 5.75 Å². The number of rotatable bonds is 16. The average Bonchev–Trinajstić information content (AvgIpc) is 3.42. The van der Waals surface area contributed by atoms with Crippen molar-refractivity contribution >= 4 is 69.5 Å². The van der Waals surface area contributed by atoms with Gasteiger partial charge in [0.2, 0.25) is 6.79 Å². The van der Waals surface area contributed by atoms with E-state index in [2.05, 4.69) is 229 Å². The van der Waals surface area contributed by atoms with Gasteiger partial charge in [0.1, 0.15) is 11.5 Å². The van der Waals surface area contributed by atoms with Crippen LogP contribution in [0.4, 0.5) is 38.9 Å². The highest BCUT2D eigenvalue weighted by molar-refractivity contribution is 5.95. The lowest BCUT2D eigenvalue weighted by Gasteiger charge is -2.26. The molecule has 360 valence electrons. The molecule has 0 saturated heterocycles. The van der Waals surface area contributed by atoms with Crippen LogP contribution in [0.5, 0.6) is 11.5 Å². The van der Waals surface area contributed by atoms with Crippen molar-refractivity contribution in [1.82, 2.24) is 0 Å². The van der Waals surface area contributed by atoms with Crippen molar-refractivity contribution in [3.05, 3.63) is 275 Å². The largest absolute Gasteiger partial charge is 0.516 e. The van der Waals surface area contributed by atoms with Gasteiger partial charge in [-0.2, -0.15) is 0 Å². The van der Waals surface area contributed by atoms with E-state index in [0.29, 0.717) is 0 Å². The molecule has 0 bridgehead atoms. The first kappa shape index (κ1) is 48.6. The Balaban J connectivity index is 1.00. The minimum atomic E-state index is -0.974. The summed E-state index contributed by atoms with van der Waals surface area (Å²) in [4.78, 5) is 27.6. The number of hydrogen-bond donors (Lipinski definition) is 0. The van der Waals surface area contributed by atoms with Crippen molar-refractivity contribution in [1.29, 1.82) is 0 Å². The van der Waals surface area contributed by atoms with Crippen molar-refractivity contribution < 1.29 is 28.5 Å². The van der Waals surface area contributed by atoms with E-state index in [1.165, 1.54) is 12.5 Å². The lowest BCUT2D eigenvalue weighted by atomic mass is 9.91. The summed E-state index contributed by atoms with van der Waals surface area (Å²) in [6.45, 7) is 4.87. The number of aryl methyl sites for hydroxylation is 2. The summed E-state index contributed by atoms with van der Waals surface area (Å²) in [7, 11) is 1.69. The molecule has 9 aromatic carbocycles. The molecule has 0 amide bonds. The molecule has 0 spiro atoms. The second-order valence-electron chi connectivity index (χ2n) is 17.4. The summed E-state index contributed by atoms with van der Waals surface area (Å²) in [6.07, 6.45) is 3.53. The fourth-order valence-corrected chi connectivity index (χ4v) is 8.47. The Morgan fingerprint density at radius 1 is 0.397 bits per heavy atom. The fourth-order valence-electron chi connectivity index (χ4n) is 8.47. The molecule has 0 unspecified atom stereocenters. The molecule has 8 nitrogen and oxygen atoms in total. The molecule has 0 aliphatic heterocycles. The standard InChI is InChI=1S/C65H54N2O6/c1-46-15-27-55(28-16-46)66(59-35-39-61(70-4)40-36-59)57-31-19-49(20-32-57)43-63(51-11-7-5-8-12-51)53-23-25-54(26-24-53)64(52-13-9-6-10-14-52)44-50-21-33-58(34-22-50)67(56-29-17-47(2)18-30-56)60-37-41-62(42-38-60)73-65(69)72-45-71-48(3)68/h5-44H,45H2,1-4H3. The fraction of sp³-hybridized carbons (Fsp3) is 0.0769. The van der Waals surface area contributed by atoms with Gasteiger partial charge in [-0.3, -0.25) is 4.79 Å². The summed E-state index contributed by atoms with van der Waals surface area (Å²) in [5, 5.41) is 0. The van der Waals surface area contributed by atoms with E-state index in [1.54, 1.807) is 19.2 Å². The summed E-state index contributed by atoms with van der Waals surface area (Å²) < 4.78 is 20.3. The van der Waals surface area contributed by atoms with Crippen LogP contribution in [0, 0.1) is 13.8 Å². The van der Waals surface area contributed by atoms with Crippen molar-refractivity contribution in [3.63, 3.8) is 0 Å². The van der Waals surface area contributed by atoms with Crippen LogP contribution < -0.4 is 19.3 Å². The van der Waals surface area contributed by atoms with E-state index in [4.69, 9.17) is 14.2 Å². The Bertz CT molecular complexity index is 3320. The maximum Gasteiger partial charge on any atom is 0.516 e. The Morgan fingerprint density at radius 2 is 0.726 bits per heavy atom. The molecular weight excluding hydrogens is 905 g/mol. The van der Waals surface area contributed by atoms with Gasteiger partial charge in [-0.1, -0.05) is 145 Å². The normalized spacial score (nSPS) is 11.3. The lowest BCUT2D eigenvalue weighted by Crippen LogP contribution is -2.14. The molecule has 0 aliphatic carbocycles. The third-order valence-electron chi connectivity index (χ3n) is 12.3. The minimum Gasteiger partial charge on any atom is -0.497 e. The maximum absolute atomic E-state index is 12.2. The van der Waals surface area contributed by atoms with Crippen LogP contribution in [-0.4, -0.2) is 26.0 Å². The first-order valence-corrected chi connectivity index (χ1v) is 24.0. The quantitative estimate of drug-likeness (QED) is 0.0410. The van der Waals surface area contributed by atoms with Gasteiger partial charge in [-0.05, 0) is 168 Å². The van der Waals surface area contributed by atoms with Crippen LogP contribution >= 0.6 is 0 Å². The second-order valence-corrected chi connectivity index (χ2v) is 17.4. The Labute approximate surface area is 427 Å². The zero-order valence-corrected chi connectivity index (χ0v) is 41.1. The molecular formula is C65H54N2O6. The van der Waals surface area contributed by atoms with Gasteiger partial charge in [0.05, 0.1) is 7.11 Å². The van der Waals surface area contributed by atoms with Gasteiger partial charge < -0.3 is 28.7 Å². The number of esters is 1.